The zero-order valence-electron chi connectivity index (χ0n) is 29.5. The van der Waals surface area contributed by atoms with Crippen molar-refractivity contribution in [3.8, 4) is 5.75 Å². The number of amides is 1. The lowest BCUT2D eigenvalue weighted by molar-refractivity contribution is -0.255. The minimum atomic E-state index is -0.371. The molecule has 248 valence electrons. The number of carbonyl (C=O) groups is 1. The van der Waals surface area contributed by atoms with Crippen LogP contribution in [0.1, 0.15) is 124 Å². The van der Waals surface area contributed by atoms with Crippen molar-refractivity contribution >= 4 is 12.6 Å². The van der Waals surface area contributed by atoms with Gasteiger partial charge in [-0.3, -0.25) is 9.79 Å². The van der Waals surface area contributed by atoms with E-state index in [4.69, 9.17) is 9.73 Å². The van der Waals surface area contributed by atoms with E-state index in [1.54, 1.807) is 7.11 Å². The van der Waals surface area contributed by atoms with Gasteiger partial charge in [0.2, 0.25) is 5.91 Å². The molecule has 0 unspecified atom stereocenters. The zero-order chi connectivity index (χ0) is 32.8. The van der Waals surface area contributed by atoms with E-state index in [-0.39, 0.29) is 56.6 Å². The number of hydrogen-bond acceptors (Lipinski definition) is 4. The number of carbonyl (C=O) groups excluding carboxylic acids is 1. The van der Waals surface area contributed by atoms with Gasteiger partial charge in [0.05, 0.1) is 30.2 Å². The van der Waals surface area contributed by atoms with Gasteiger partial charge in [0.25, 0.3) is 0 Å². The highest BCUT2D eigenvalue weighted by molar-refractivity contribution is 5.84. The second kappa shape index (κ2) is 10.7. The summed E-state index contributed by atoms with van der Waals surface area (Å²) < 4.78 is 5.37. The second-order valence-corrected chi connectivity index (χ2v) is 17.4. The average molecular weight is 617 g/mol. The highest BCUT2D eigenvalue weighted by Crippen LogP contribution is 2.79. The van der Waals surface area contributed by atoms with Crippen LogP contribution in [0.15, 0.2) is 41.4 Å². The van der Waals surface area contributed by atoms with Gasteiger partial charge in [0.1, 0.15) is 5.75 Å². The molecule has 5 heteroatoms. The highest BCUT2D eigenvalue weighted by atomic mass is 16.5. The molecule has 0 saturated heterocycles. The first-order chi connectivity index (χ1) is 21.1. The maximum atomic E-state index is 14.7. The second-order valence-electron chi connectivity index (χ2n) is 17.4. The van der Waals surface area contributed by atoms with E-state index in [0.29, 0.717) is 17.8 Å². The van der Waals surface area contributed by atoms with Crippen molar-refractivity contribution in [1.29, 1.82) is 0 Å². The molecule has 1 aromatic rings. The Hall–Kier alpha value is -2.14. The summed E-state index contributed by atoms with van der Waals surface area (Å²) >= 11 is 0. The SMILES string of the molecule is C=N[C@]12CC[C@@H]3[C@H]4[C@H](C(=C)C)CC[C@]4(C(=O)N[C@H](C)c4ccc(OC)cc4)CC[C@@]3(C)[C@]1(C)CC[C@H]1C(C)(C)[C@@H](O)CC[C@@]12C. The van der Waals surface area contributed by atoms with Crippen molar-refractivity contribution in [3.05, 3.63) is 42.0 Å². The van der Waals surface area contributed by atoms with Crippen LogP contribution >= 0.6 is 0 Å². The molecule has 0 aliphatic heterocycles. The van der Waals surface area contributed by atoms with Crippen molar-refractivity contribution in [2.75, 3.05) is 7.11 Å². The summed E-state index contributed by atoms with van der Waals surface area (Å²) in [4.78, 5) is 20.0. The van der Waals surface area contributed by atoms with Crippen LogP contribution in [0.3, 0.4) is 0 Å². The maximum Gasteiger partial charge on any atom is 0.227 e. The molecule has 0 aromatic heterocycles. The van der Waals surface area contributed by atoms with Gasteiger partial charge in [0.15, 0.2) is 0 Å². The number of ether oxygens (including phenoxy) is 1. The van der Waals surface area contributed by atoms with Crippen molar-refractivity contribution < 1.29 is 14.6 Å². The maximum absolute atomic E-state index is 14.7. The van der Waals surface area contributed by atoms with Crippen molar-refractivity contribution in [1.82, 2.24) is 5.32 Å². The molecule has 0 bridgehead atoms. The lowest BCUT2D eigenvalue weighted by Gasteiger charge is -2.76. The lowest BCUT2D eigenvalue weighted by atomic mass is 9.29. The third kappa shape index (κ3) is 4.13. The number of hydrogen-bond donors (Lipinski definition) is 2. The highest BCUT2D eigenvalue weighted by Gasteiger charge is 2.77. The molecule has 5 aliphatic carbocycles. The van der Waals surface area contributed by atoms with Gasteiger partial charge >= 0.3 is 0 Å². The number of nitrogens with one attached hydrogen (secondary N) is 1. The Morgan fingerprint density at radius 2 is 1.64 bits per heavy atom. The molecular formula is C40H60N2O3. The van der Waals surface area contributed by atoms with E-state index in [9.17, 15) is 9.90 Å². The van der Waals surface area contributed by atoms with Crippen LogP contribution in [0.2, 0.25) is 0 Å². The van der Waals surface area contributed by atoms with E-state index >= 15 is 0 Å². The molecule has 5 saturated carbocycles. The monoisotopic (exact) mass is 616 g/mol. The Kier molecular flexibility index (Phi) is 7.79. The average Bonchev–Trinajstić information content (AvgIpc) is 3.41. The number of allylic oxidation sites excluding steroid dienone is 1. The molecule has 11 atom stereocenters. The predicted molar refractivity (Wildman–Crippen MR) is 183 cm³/mol. The Morgan fingerprint density at radius 3 is 2.27 bits per heavy atom. The molecular weight excluding hydrogens is 556 g/mol. The Bertz CT molecular complexity index is 1350. The first-order valence-electron chi connectivity index (χ1n) is 17.8. The lowest BCUT2D eigenvalue weighted by Crippen LogP contribution is -2.75. The Balaban J connectivity index is 1.37. The number of aliphatic hydroxyl groups excluding tert-OH is 1. The predicted octanol–water partition coefficient (Wildman–Crippen LogP) is 8.71. The number of methoxy groups -OCH3 is 1. The number of aliphatic imine (C=N–C) groups is 1. The molecule has 45 heavy (non-hydrogen) atoms. The standard InChI is InChI=1S/C40H60N2O3/c1-25(2)29-15-21-39(34(44)42-26(3)27-11-13-28(45-10)14-12-27)24-23-36(6)30(33(29)39)16-22-40(41-9)37(7)19-18-32(43)35(4,5)31(37)17-20-38(36,40)8/h11-14,26,29-33,43H,1,9,15-24H2,2-8,10H3,(H,42,44)/t26-,29+,30-,31+,32+,33-,36-,37+,38+,39+,40+/m1/s1. The van der Waals surface area contributed by atoms with Gasteiger partial charge in [0, 0.05) is 0 Å². The van der Waals surface area contributed by atoms with Crippen LogP contribution in [0.4, 0.5) is 0 Å². The van der Waals surface area contributed by atoms with E-state index in [1.807, 2.05) is 12.1 Å². The molecule has 5 nitrogen and oxygen atoms in total. The molecule has 0 spiro atoms. The summed E-state index contributed by atoms with van der Waals surface area (Å²) in [5.74, 6) is 2.56. The third-order valence-corrected chi connectivity index (χ3v) is 16.0. The van der Waals surface area contributed by atoms with Crippen LogP contribution in [-0.4, -0.2) is 36.5 Å². The van der Waals surface area contributed by atoms with Crippen molar-refractivity contribution in [2.45, 2.75) is 130 Å². The Morgan fingerprint density at radius 1 is 0.956 bits per heavy atom. The fourth-order valence-corrected chi connectivity index (χ4v) is 13.2. The number of rotatable bonds is 6. The number of fused-ring (bicyclic) bond motifs is 7. The van der Waals surface area contributed by atoms with E-state index < -0.39 is 0 Å². The minimum absolute atomic E-state index is 0.0123. The quantitative estimate of drug-likeness (QED) is 0.248. The summed E-state index contributed by atoms with van der Waals surface area (Å²) in [5, 5.41) is 14.7. The van der Waals surface area contributed by atoms with Crippen LogP contribution in [0.5, 0.6) is 5.75 Å². The number of nitrogens with zero attached hydrogens (tertiary/aromatic N) is 1. The van der Waals surface area contributed by atoms with Gasteiger partial charge in [-0.25, -0.2) is 0 Å². The van der Waals surface area contributed by atoms with Crippen LogP contribution < -0.4 is 10.1 Å². The van der Waals surface area contributed by atoms with E-state index in [0.717, 1.165) is 75.5 Å². The number of benzene rings is 1. The van der Waals surface area contributed by atoms with E-state index in [1.165, 1.54) is 5.57 Å². The normalized spacial score (nSPS) is 45.6. The van der Waals surface area contributed by atoms with Crippen LogP contribution in [0, 0.1) is 50.7 Å². The van der Waals surface area contributed by atoms with Gasteiger partial charge < -0.3 is 15.2 Å². The largest absolute Gasteiger partial charge is 0.497 e. The summed E-state index contributed by atoms with van der Waals surface area (Å²) in [7, 11) is 1.68. The van der Waals surface area contributed by atoms with Gasteiger partial charge in [-0.15, -0.1) is 0 Å². The smallest absolute Gasteiger partial charge is 0.227 e. The van der Waals surface area contributed by atoms with Crippen LogP contribution in [-0.2, 0) is 4.79 Å². The number of aliphatic hydroxyl groups is 1. The van der Waals surface area contributed by atoms with Gasteiger partial charge in [-0.05, 0) is 148 Å². The molecule has 0 heterocycles. The molecule has 1 aromatic carbocycles. The molecule has 5 fully saturated rings. The topological polar surface area (TPSA) is 70.9 Å². The fraction of sp³-hybridized carbons (Fsp3) is 0.750. The molecule has 0 radical (unpaired) electrons. The molecule has 6 rings (SSSR count). The molecule has 5 aliphatic rings. The minimum Gasteiger partial charge on any atom is -0.497 e. The summed E-state index contributed by atoms with van der Waals surface area (Å²) in [6.45, 7) is 25.5. The Labute approximate surface area is 273 Å². The van der Waals surface area contributed by atoms with Crippen molar-refractivity contribution in [2.24, 2.45) is 55.7 Å². The van der Waals surface area contributed by atoms with Gasteiger partial charge in [-0.1, -0.05) is 58.9 Å². The summed E-state index contributed by atoms with van der Waals surface area (Å²) in [6.07, 6.45) is 9.85. The van der Waals surface area contributed by atoms with Gasteiger partial charge in [-0.2, -0.15) is 0 Å². The first kappa shape index (κ1) is 32.8. The first-order valence-corrected chi connectivity index (χ1v) is 17.8. The fourth-order valence-electron chi connectivity index (χ4n) is 13.2. The zero-order valence-corrected chi connectivity index (χ0v) is 29.5. The van der Waals surface area contributed by atoms with E-state index in [2.05, 4.69) is 79.2 Å². The summed E-state index contributed by atoms with van der Waals surface area (Å²) in [5.41, 5.74) is 1.58. The van der Waals surface area contributed by atoms with Crippen molar-refractivity contribution in [3.63, 3.8) is 0 Å². The molecule has 2 N–H and O–H groups in total. The third-order valence-electron chi connectivity index (χ3n) is 16.0. The van der Waals surface area contributed by atoms with Crippen LogP contribution in [0.25, 0.3) is 0 Å². The molecule has 1 amide bonds. The summed E-state index contributed by atoms with van der Waals surface area (Å²) in [6, 6.07) is 8.01.